The summed E-state index contributed by atoms with van der Waals surface area (Å²) in [6.07, 6.45) is 0.984. The highest BCUT2D eigenvalue weighted by atomic mass is 35.5. The first-order valence-corrected chi connectivity index (χ1v) is 9.59. The molecule has 0 aromatic heterocycles. The van der Waals surface area contributed by atoms with E-state index in [0.29, 0.717) is 18.0 Å². The van der Waals surface area contributed by atoms with Gasteiger partial charge in [0.25, 0.3) is 0 Å². The lowest BCUT2D eigenvalue weighted by Crippen LogP contribution is -2.42. The summed E-state index contributed by atoms with van der Waals surface area (Å²) in [4.78, 5) is 14.0. The average Bonchev–Trinajstić information content (AvgIpc) is 2.84. The standard InChI is InChI=1S/C16H22ClNO4S/c1-16(2,3)22-15(19)18-10-4-5-13(18)11-23(20,21)14-8-6-12(17)7-9-14/h6-9,13H,4-5,10-11H2,1-3H3/t13-/m1/s1. The van der Waals surface area contributed by atoms with Crippen LogP contribution in [0.3, 0.4) is 0 Å². The van der Waals surface area contributed by atoms with Crippen LogP contribution in [-0.4, -0.2) is 43.4 Å². The average molecular weight is 360 g/mol. The van der Waals surface area contributed by atoms with Crippen LogP contribution in [0.25, 0.3) is 0 Å². The summed E-state index contributed by atoms with van der Waals surface area (Å²) >= 11 is 5.79. The van der Waals surface area contributed by atoms with Crippen molar-refractivity contribution in [3.63, 3.8) is 0 Å². The van der Waals surface area contributed by atoms with Crippen molar-refractivity contribution < 1.29 is 17.9 Å². The summed E-state index contributed by atoms with van der Waals surface area (Å²) < 4.78 is 30.4. The summed E-state index contributed by atoms with van der Waals surface area (Å²) in [7, 11) is -3.48. The van der Waals surface area contributed by atoms with Gasteiger partial charge in [-0.25, -0.2) is 13.2 Å². The third-order valence-electron chi connectivity index (χ3n) is 3.59. The molecule has 0 aliphatic carbocycles. The Bertz CT molecular complexity index is 664. The van der Waals surface area contributed by atoms with E-state index in [0.717, 1.165) is 6.42 Å². The van der Waals surface area contributed by atoms with Crippen LogP contribution in [0.1, 0.15) is 33.6 Å². The second-order valence-corrected chi connectivity index (χ2v) is 9.18. The van der Waals surface area contributed by atoms with Crippen molar-refractivity contribution in [1.82, 2.24) is 4.90 Å². The number of ether oxygens (including phenoxy) is 1. The molecule has 1 heterocycles. The van der Waals surface area contributed by atoms with Gasteiger partial charge in [-0.15, -0.1) is 0 Å². The number of halogens is 1. The Labute approximate surface area is 142 Å². The lowest BCUT2D eigenvalue weighted by atomic mass is 10.2. The van der Waals surface area contributed by atoms with Crippen molar-refractivity contribution in [2.45, 2.75) is 50.2 Å². The molecule has 0 N–H and O–H groups in total. The van der Waals surface area contributed by atoms with Gasteiger partial charge in [0.15, 0.2) is 9.84 Å². The van der Waals surface area contributed by atoms with Crippen LogP contribution in [0.2, 0.25) is 5.02 Å². The maximum Gasteiger partial charge on any atom is 0.410 e. The molecule has 7 heteroatoms. The van der Waals surface area contributed by atoms with Gasteiger partial charge in [-0.1, -0.05) is 11.6 Å². The van der Waals surface area contributed by atoms with Gasteiger partial charge in [-0.2, -0.15) is 0 Å². The molecule has 0 radical (unpaired) electrons. The molecule has 2 rings (SSSR count). The van der Waals surface area contributed by atoms with Crippen molar-refractivity contribution in [2.24, 2.45) is 0 Å². The lowest BCUT2D eigenvalue weighted by Gasteiger charge is -2.28. The second-order valence-electron chi connectivity index (χ2n) is 6.71. The van der Waals surface area contributed by atoms with Crippen LogP contribution in [-0.2, 0) is 14.6 Å². The number of amides is 1. The smallest absolute Gasteiger partial charge is 0.410 e. The van der Waals surface area contributed by atoms with E-state index in [-0.39, 0.29) is 16.7 Å². The van der Waals surface area contributed by atoms with Crippen LogP contribution in [0.4, 0.5) is 4.79 Å². The molecule has 0 bridgehead atoms. The number of likely N-dealkylation sites (tertiary alicyclic amines) is 1. The first-order chi connectivity index (χ1) is 10.6. The van der Waals surface area contributed by atoms with E-state index < -0.39 is 21.5 Å². The maximum atomic E-state index is 12.5. The highest BCUT2D eigenvalue weighted by Gasteiger charge is 2.35. The predicted molar refractivity (Wildman–Crippen MR) is 89.5 cm³/mol. The Kier molecular flexibility index (Phi) is 5.26. The third-order valence-corrected chi connectivity index (χ3v) is 5.66. The highest BCUT2D eigenvalue weighted by molar-refractivity contribution is 7.91. The summed E-state index contributed by atoms with van der Waals surface area (Å²) in [6.45, 7) is 5.90. The number of carbonyl (C=O) groups excluding carboxylic acids is 1. The van der Waals surface area contributed by atoms with Crippen molar-refractivity contribution >= 4 is 27.5 Å². The molecule has 128 valence electrons. The van der Waals surface area contributed by atoms with Crippen LogP contribution in [0.15, 0.2) is 29.2 Å². The Morgan fingerprint density at radius 2 is 1.91 bits per heavy atom. The van der Waals surface area contributed by atoms with E-state index >= 15 is 0 Å². The molecule has 1 aromatic carbocycles. The van der Waals surface area contributed by atoms with Gasteiger partial charge >= 0.3 is 6.09 Å². The summed E-state index contributed by atoms with van der Waals surface area (Å²) in [6, 6.07) is 5.73. The van der Waals surface area contributed by atoms with E-state index in [1.54, 1.807) is 32.9 Å². The fraction of sp³-hybridized carbons (Fsp3) is 0.562. The maximum absolute atomic E-state index is 12.5. The molecular formula is C16H22ClNO4S. The molecule has 5 nitrogen and oxygen atoms in total. The minimum Gasteiger partial charge on any atom is -0.444 e. The summed E-state index contributed by atoms with van der Waals surface area (Å²) in [5.74, 6) is -0.103. The van der Waals surface area contributed by atoms with Gasteiger partial charge in [0.1, 0.15) is 5.60 Å². The van der Waals surface area contributed by atoms with E-state index in [1.165, 1.54) is 17.0 Å². The lowest BCUT2D eigenvalue weighted by molar-refractivity contribution is 0.0241. The molecule has 1 amide bonds. The number of rotatable bonds is 3. The molecule has 0 unspecified atom stereocenters. The fourth-order valence-electron chi connectivity index (χ4n) is 2.56. The van der Waals surface area contributed by atoms with Crippen LogP contribution in [0, 0.1) is 0 Å². The van der Waals surface area contributed by atoms with E-state index in [4.69, 9.17) is 16.3 Å². The third kappa shape index (κ3) is 4.85. The first kappa shape index (κ1) is 18.1. The van der Waals surface area contributed by atoms with Crippen molar-refractivity contribution in [3.05, 3.63) is 29.3 Å². The van der Waals surface area contributed by atoms with Crippen LogP contribution in [0.5, 0.6) is 0 Å². The largest absolute Gasteiger partial charge is 0.444 e. The number of hydrogen-bond donors (Lipinski definition) is 0. The Balaban J connectivity index is 2.11. The molecular weight excluding hydrogens is 338 g/mol. The van der Waals surface area contributed by atoms with Gasteiger partial charge < -0.3 is 9.64 Å². The zero-order valence-corrected chi connectivity index (χ0v) is 15.2. The van der Waals surface area contributed by atoms with Gasteiger partial charge in [0.2, 0.25) is 0 Å². The summed E-state index contributed by atoms with van der Waals surface area (Å²) in [5, 5.41) is 0.486. The molecule has 0 saturated carbocycles. The molecule has 1 atom stereocenters. The molecule has 1 aromatic rings. The van der Waals surface area contributed by atoms with Gasteiger partial charge in [-0.3, -0.25) is 0 Å². The number of sulfone groups is 1. The van der Waals surface area contributed by atoms with Crippen LogP contribution >= 0.6 is 11.6 Å². The zero-order chi connectivity index (χ0) is 17.3. The number of benzene rings is 1. The second kappa shape index (κ2) is 6.69. The van der Waals surface area contributed by atoms with Gasteiger partial charge in [-0.05, 0) is 57.9 Å². The number of hydrogen-bond acceptors (Lipinski definition) is 4. The Morgan fingerprint density at radius 3 is 2.48 bits per heavy atom. The van der Waals surface area contributed by atoms with Crippen molar-refractivity contribution in [1.29, 1.82) is 0 Å². The van der Waals surface area contributed by atoms with Gasteiger partial charge in [0, 0.05) is 17.6 Å². The minimum absolute atomic E-state index is 0.103. The molecule has 1 aliphatic heterocycles. The molecule has 23 heavy (non-hydrogen) atoms. The number of carbonyl (C=O) groups is 1. The quantitative estimate of drug-likeness (QED) is 0.828. The first-order valence-electron chi connectivity index (χ1n) is 7.56. The number of nitrogens with zero attached hydrogens (tertiary/aromatic N) is 1. The van der Waals surface area contributed by atoms with Crippen molar-refractivity contribution in [2.75, 3.05) is 12.3 Å². The highest BCUT2D eigenvalue weighted by Crippen LogP contribution is 2.24. The molecule has 1 aliphatic rings. The van der Waals surface area contributed by atoms with E-state index in [9.17, 15) is 13.2 Å². The zero-order valence-electron chi connectivity index (χ0n) is 13.6. The Hall–Kier alpha value is -1.27. The Morgan fingerprint density at radius 1 is 1.30 bits per heavy atom. The molecule has 1 saturated heterocycles. The van der Waals surface area contributed by atoms with Crippen molar-refractivity contribution in [3.8, 4) is 0 Å². The SMILES string of the molecule is CC(C)(C)OC(=O)N1CCC[C@@H]1CS(=O)(=O)c1ccc(Cl)cc1. The summed E-state index contributed by atoms with van der Waals surface area (Å²) in [5.41, 5.74) is -0.598. The molecule has 1 fully saturated rings. The normalized spacial score (nSPS) is 19.0. The van der Waals surface area contributed by atoms with E-state index in [2.05, 4.69) is 0 Å². The van der Waals surface area contributed by atoms with Crippen LogP contribution < -0.4 is 0 Å². The minimum atomic E-state index is -3.48. The predicted octanol–water partition coefficient (Wildman–Crippen LogP) is 3.51. The fourth-order valence-corrected chi connectivity index (χ4v) is 4.28. The topological polar surface area (TPSA) is 63.7 Å². The molecule has 0 spiro atoms. The monoisotopic (exact) mass is 359 g/mol. The van der Waals surface area contributed by atoms with E-state index in [1.807, 2.05) is 0 Å². The van der Waals surface area contributed by atoms with Gasteiger partial charge in [0.05, 0.1) is 10.6 Å².